The van der Waals surface area contributed by atoms with Crippen LogP contribution in [-0.4, -0.2) is 41.7 Å². The summed E-state index contributed by atoms with van der Waals surface area (Å²) in [5.74, 6) is -0.511. The molecule has 1 aromatic heterocycles. The van der Waals surface area contributed by atoms with Gasteiger partial charge in [-0.05, 0) is 0 Å². The molecule has 0 aliphatic carbocycles. The van der Waals surface area contributed by atoms with E-state index in [4.69, 9.17) is 5.11 Å². The van der Waals surface area contributed by atoms with E-state index in [9.17, 15) is 4.79 Å². The van der Waals surface area contributed by atoms with Crippen molar-refractivity contribution in [3.05, 3.63) is 17.1 Å². The maximum Gasteiger partial charge on any atom is 0.374 e. The fourth-order valence-electron chi connectivity index (χ4n) is 1.79. The third-order valence-electron chi connectivity index (χ3n) is 2.53. The Morgan fingerprint density at radius 1 is 1.44 bits per heavy atom. The van der Waals surface area contributed by atoms with Gasteiger partial charge in [0.25, 0.3) is 0 Å². The summed E-state index contributed by atoms with van der Waals surface area (Å²) in [7, 11) is 3.70. The molecule has 0 fully saturated rings. The summed E-state index contributed by atoms with van der Waals surface area (Å²) in [6.07, 6.45) is 0.749. The second-order valence-electron chi connectivity index (χ2n) is 3.92. The minimum absolute atomic E-state index is 0.121. The van der Waals surface area contributed by atoms with Crippen molar-refractivity contribution in [1.82, 2.24) is 15.3 Å². The molecule has 0 radical (unpaired) electrons. The van der Waals surface area contributed by atoms with Gasteiger partial charge in [-0.15, -0.1) is 0 Å². The van der Waals surface area contributed by atoms with Crippen molar-refractivity contribution < 1.29 is 9.90 Å². The molecular formula is C10H14N4O2. The number of anilines is 1. The highest BCUT2D eigenvalue weighted by Gasteiger charge is 2.20. The van der Waals surface area contributed by atoms with Crippen LogP contribution in [0.25, 0.3) is 0 Å². The number of nitrogens with zero attached hydrogens (tertiary/aromatic N) is 3. The number of carbonyl (C=O) groups is 1. The number of carboxylic acids is 1. The topological polar surface area (TPSA) is 78.4 Å². The van der Waals surface area contributed by atoms with E-state index >= 15 is 0 Å². The standard InChI is InChI=1S/C10H14N4O2/c1-14(2)9-6-5-11-4-3-7(6)12-8(13-9)10(15)16/h11H,3-5H2,1-2H3,(H,15,16). The Balaban J connectivity index is 2.56. The van der Waals surface area contributed by atoms with Crippen LogP contribution in [0.15, 0.2) is 0 Å². The molecule has 1 aliphatic heterocycles. The first-order chi connectivity index (χ1) is 7.59. The second-order valence-corrected chi connectivity index (χ2v) is 3.92. The summed E-state index contributed by atoms with van der Waals surface area (Å²) >= 11 is 0. The minimum atomic E-state index is -1.08. The van der Waals surface area contributed by atoms with E-state index in [0.717, 1.165) is 24.2 Å². The van der Waals surface area contributed by atoms with Crippen molar-refractivity contribution in [2.24, 2.45) is 0 Å². The molecule has 86 valence electrons. The van der Waals surface area contributed by atoms with Crippen LogP contribution in [0.1, 0.15) is 21.9 Å². The predicted octanol–water partition coefficient (Wildman–Crippen LogP) is -0.114. The molecule has 1 aliphatic rings. The molecule has 2 heterocycles. The number of aromatic nitrogens is 2. The monoisotopic (exact) mass is 222 g/mol. The molecule has 0 amide bonds. The zero-order chi connectivity index (χ0) is 11.7. The fourth-order valence-corrected chi connectivity index (χ4v) is 1.79. The lowest BCUT2D eigenvalue weighted by molar-refractivity contribution is 0.0683. The average Bonchev–Trinajstić information content (AvgIpc) is 2.27. The molecule has 0 saturated heterocycles. The van der Waals surface area contributed by atoms with Gasteiger partial charge in [-0.25, -0.2) is 14.8 Å². The quantitative estimate of drug-likeness (QED) is 0.726. The SMILES string of the molecule is CN(C)c1nc(C(=O)O)nc2c1CNCC2. The van der Waals surface area contributed by atoms with Crippen molar-refractivity contribution >= 4 is 11.8 Å². The zero-order valence-corrected chi connectivity index (χ0v) is 9.32. The number of hydrogen-bond donors (Lipinski definition) is 2. The molecule has 0 bridgehead atoms. The van der Waals surface area contributed by atoms with Crippen molar-refractivity contribution in [1.29, 1.82) is 0 Å². The van der Waals surface area contributed by atoms with E-state index in [0.29, 0.717) is 12.4 Å². The van der Waals surface area contributed by atoms with Crippen LogP contribution < -0.4 is 10.2 Å². The minimum Gasteiger partial charge on any atom is -0.475 e. The van der Waals surface area contributed by atoms with Crippen molar-refractivity contribution in [3.8, 4) is 0 Å². The Labute approximate surface area is 93.3 Å². The van der Waals surface area contributed by atoms with Gasteiger partial charge >= 0.3 is 5.97 Å². The maximum atomic E-state index is 10.9. The Hall–Kier alpha value is -1.69. The number of fused-ring (bicyclic) bond motifs is 1. The Morgan fingerprint density at radius 2 is 2.19 bits per heavy atom. The molecule has 2 N–H and O–H groups in total. The molecular weight excluding hydrogens is 208 g/mol. The van der Waals surface area contributed by atoms with E-state index in [1.807, 2.05) is 19.0 Å². The van der Waals surface area contributed by atoms with Gasteiger partial charge in [-0.2, -0.15) is 0 Å². The van der Waals surface area contributed by atoms with Gasteiger partial charge in [0.1, 0.15) is 5.82 Å². The summed E-state index contributed by atoms with van der Waals surface area (Å²) in [5, 5.41) is 12.2. The van der Waals surface area contributed by atoms with Crippen LogP contribution in [0.5, 0.6) is 0 Å². The molecule has 0 unspecified atom stereocenters. The van der Waals surface area contributed by atoms with Crippen molar-refractivity contribution in [3.63, 3.8) is 0 Å². The van der Waals surface area contributed by atoms with E-state index in [2.05, 4.69) is 15.3 Å². The summed E-state index contributed by atoms with van der Waals surface area (Å²) in [5.41, 5.74) is 1.84. The smallest absolute Gasteiger partial charge is 0.374 e. The highest BCUT2D eigenvalue weighted by Crippen LogP contribution is 2.21. The van der Waals surface area contributed by atoms with Gasteiger partial charge in [0.15, 0.2) is 0 Å². The number of aromatic carboxylic acids is 1. The molecule has 1 aromatic rings. The first-order valence-electron chi connectivity index (χ1n) is 5.10. The Bertz CT molecular complexity index is 431. The molecule has 0 aromatic carbocycles. The van der Waals surface area contributed by atoms with E-state index in [-0.39, 0.29) is 5.82 Å². The number of nitrogens with one attached hydrogen (secondary N) is 1. The van der Waals surface area contributed by atoms with Gasteiger partial charge in [0, 0.05) is 39.2 Å². The lowest BCUT2D eigenvalue weighted by Crippen LogP contribution is -2.29. The van der Waals surface area contributed by atoms with Crippen LogP contribution in [0.2, 0.25) is 0 Å². The molecule has 6 nitrogen and oxygen atoms in total. The molecule has 0 atom stereocenters. The van der Waals surface area contributed by atoms with Gasteiger partial charge < -0.3 is 15.3 Å². The molecule has 6 heteroatoms. The number of rotatable bonds is 2. The normalized spacial score (nSPS) is 14.4. The Kier molecular flexibility index (Phi) is 2.74. The highest BCUT2D eigenvalue weighted by atomic mass is 16.4. The van der Waals surface area contributed by atoms with E-state index < -0.39 is 5.97 Å². The molecule has 16 heavy (non-hydrogen) atoms. The predicted molar refractivity (Wildman–Crippen MR) is 58.7 cm³/mol. The molecule has 0 spiro atoms. The first-order valence-corrected chi connectivity index (χ1v) is 5.10. The second kappa shape index (κ2) is 4.05. The van der Waals surface area contributed by atoms with Crippen molar-refractivity contribution in [2.45, 2.75) is 13.0 Å². The number of hydrogen-bond acceptors (Lipinski definition) is 5. The largest absolute Gasteiger partial charge is 0.475 e. The lowest BCUT2D eigenvalue weighted by Gasteiger charge is -2.22. The summed E-state index contributed by atoms with van der Waals surface area (Å²) in [4.78, 5) is 20.9. The fraction of sp³-hybridized carbons (Fsp3) is 0.500. The third kappa shape index (κ3) is 1.83. The van der Waals surface area contributed by atoms with Crippen LogP contribution in [0.4, 0.5) is 5.82 Å². The zero-order valence-electron chi connectivity index (χ0n) is 9.32. The first kappa shape index (κ1) is 10.8. The van der Waals surface area contributed by atoms with Gasteiger partial charge in [-0.3, -0.25) is 0 Å². The highest BCUT2D eigenvalue weighted by molar-refractivity contribution is 5.83. The third-order valence-corrected chi connectivity index (χ3v) is 2.53. The lowest BCUT2D eigenvalue weighted by atomic mass is 10.1. The van der Waals surface area contributed by atoms with Crippen LogP contribution >= 0.6 is 0 Å². The molecule has 0 saturated carbocycles. The van der Waals surface area contributed by atoms with Crippen LogP contribution in [-0.2, 0) is 13.0 Å². The van der Waals surface area contributed by atoms with Crippen LogP contribution in [0.3, 0.4) is 0 Å². The number of carboxylic acid groups (broad SMARTS) is 1. The van der Waals surface area contributed by atoms with Gasteiger partial charge in [0.05, 0.1) is 5.69 Å². The maximum absolute atomic E-state index is 10.9. The molecule has 2 rings (SSSR count). The van der Waals surface area contributed by atoms with E-state index in [1.54, 1.807) is 0 Å². The van der Waals surface area contributed by atoms with Gasteiger partial charge in [0.2, 0.25) is 5.82 Å². The van der Waals surface area contributed by atoms with Crippen molar-refractivity contribution in [2.75, 3.05) is 25.5 Å². The van der Waals surface area contributed by atoms with Gasteiger partial charge in [-0.1, -0.05) is 0 Å². The Morgan fingerprint density at radius 3 is 2.81 bits per heavy atom. The average molecular weight is 222 g/mol. The van der Waals surface area contributed by atoms with E-state index in [1.165, 1.54) is 0 Å². The summed E-state index contributed by atoms with van der Waals surface area (Å²) < 4.78 is 0. The summed E-state index contributed by atoms with van der Waals surface area (Å²) in [6.45, 7) is 1.53. The summed E-state index contributed by atoms with van der Waals surface area (Å²) in [6, 6.07) is 0. The van der Waals surface area contributed by atoms with Crippen LogP contribution in [0, 0.1) is 0 Å².